The van der Waals surface area contributed by atoms with E-state index in [1.807, 2.05) is 13.8 Å². The molecule has 2 atom stereocenters. The standard InChI is InChI=1S/C14H20O2/c1-3-15-14(16-4-2)13-10-12(13)11-8-6-5-7-9-11/h5-9,12-14H,3-4,10H2,1-2H3/t12-,13-/m1/s1. The smallest absolute Gasteiger partial charge is 0.160 e. The molecule has 1 aromatic carbocycles. The molecule has 0 amide bonds. The molecule has 2 nitrogen and oxygen atoms in total. The fraction of sp³-hybridized carbons (Fsp3) is 0.571. The van der Waals surface area contributed by atoms with Crippen molar-refractivity contribution in [3.8, 4) is 0 Å². The average Bonchev–Trinajstić information content (AvgIpc) is 3.10. The number of rotatable bonds is 6. The van der Waals surface area contributed by atoms with Gasteiger partial charge in [0.1, 0.15) is 0 Å². The molecule has 0 radical (unpaired) electrons. The van der Waals surface area contributed by atoms with Gasteiger partial charge in [-0.1, -0.05) is 30.3 Å². The van der Waals surface area contributed by atoms with Gasteiger partial charge < -0.3 is 9.47 Å². The average molecular weight is 220 g/mol. The van der Waals surface area contributed by atoms with Gasteiger partial charge in [-0.05, 0) is 31.7 Å². The Labute approximate surface area is 97.6 Å². The molecule has 2 rings (SSSR count). The summed E-state index contributed by atoms with van der Waals surface area (Å²) in [5.41, 5.74) is 1.41. The van der Waals surface area contributed by atoms with Crippen LogP contribution in [0.5, 0.6) is 0 Å². The van der Waals surface area contributed by atoms with Crippen molar-refractivity contribution < 1.29 is 9.47 Å². The third-order valence-corrected chi connectivity index (χ3v) is 3.08. The topological polar surface area (TPSA) is 18.5 Å². The largest absolute Gasteiger partial charge is 0.353 e. The zero-order valence-electron chi connectivity index (χ0n) is 10.1. The summed E-state index contributed by atoms with van der Waals surface area (Å²) in [4.78, 5) is 0. The first kappa shape index (κ1) is 11.6. The Kier molecular flexibility index (Phi) is 3.97. The third-order valence-electron chi connectivity index (χ3n) is 3.08. The summed E-state index contributed by atoms with van der Waals surface area (Å²) >= 11 is 0. The molecule has 88 valence electrons. The maximum Gasteiger partial charge on any atom is 0.160 e. The van der Waals surface area contributed by atoms with Gasteiger partial charge in [-0.2, -0.15) is 0 Å². The molecule has 0 aromatic heterocycles. The van der Waals surface area contributed by atoms with Gasteiger partial charge in [-0.3, -0.25) is 0 Å². The van der Waals surface area contributed by atoms with Gasteiger partial charge in [-0.15, -0.1) is 0 Å². The van der Waals surface area contributed by atoms with Gasteiger partial charge in [0.2, 0.25) is 0 Å². The fourth-order valence-corrected chi connectivity index (χ4v) is 2.22. The molecular formula is C14H20O2. The van der Waals surface area contributed by atoms with Crippen molar-refractivity contribution in [1.29, 1.82) is 0 Å². The summed E-state index contributed by atoms with van der Waals surface area (Å²) in [7, 11) is 0. The van der Waals surface area contributed by atoms with E-state index in [4.69, 9.17) is 9.47 Å². The summed E-state index contributed by atoms with van der Waals surface area (Å²) in [5, 5.41) is 0. The van der Waals surface area contributed by atoms with Crippen LogP contribution in [0, 0.1) is 5.92 Å². The van der Waals surface area contributed by atoms with Gasteiger partial charge in [0.25, 0.3) is 0 Å². The summed E-state index contributed by atoms with van der Waals surface area (Å²) in [6.07, 6.45) is 1.18. The molecule has 16 heavy (non-hydrogen) atoms. The van der Waals surface area contributed by atoms with Crippen molar-refractivity contribution in [2.45, 2.75) is 32.5 Å². The highest BCUT2D eigenvalue weighted by atomic mass is 16.7. The minimum atomic E-state index is -0.0137. The SMILES string of the molecule is CCOC(OCC)[C@@H]1C[C@@H]1c1ccccc1. The monoisotopic (exact) mass is 220 g/mol. The Morgan fingerprint density at radius 3 is 2.31 bits per heavy atom. The van der Waals surface area contributed by atoms with Crippen molar-refractivity contribution in [2.24, 2.45) is 5.92 Å². The lowest BCUT2D eigenvalue weighted by molar-refractivity contribution is -0.149. The molecule has 0 N–H and O–H groups in total. The van der Waals surface area contributed by atoms with E-state index in [2.05, 4.69) is 30.3 Å². The van der Waals surface area contributed by atoms with E-state index in [9.17, 15) is 0 Å². The lowest BCUT2D eigenvalue weighted by atomic mass is 10.1. The van der Waals surface area contributed by atoms with Crippen molar-refractivity contribution in [2.75, 3.05) is 13.2 Å². The van der Waals surface area contributed by atoms with Crippen LogP contribution in [0.3, 0.4) is 0 Å². The molecule has 0 saturated heterocycles. The number of hydrogen-bond acceptors (Lipinski definition) is 2. The molecule has 1 aromatic rings. The lowest BCUT2D eigenvalue weighted by Crippen LogP contribution is -2.20. The number of benzene rings is 1. The minimum absolute atomic E-state index is 0.0137. The van der Waals surface area contributed by atoms with E-state index in [0.29, 0.717) is 11.8 Å². The molecule has 0 unspecified atom stereocenters. The Hall–Kier alpha value is -0.860. The molecule has 0 aliphatic heterocycles. The van der Waals surface area contributed by atoms with Gasteiger partial charge in [-0.25, -0.2) is 0 Å². The Morgan fingerprint density at radius 2 is 1.75 bits per heavy atom. The predicted molar refractivity (Wildman–Crippen MR) is 64.3 cm³/mol. The molecule has 0 spiro atoms. The van der Waals surface area contributed by atoms with Gasteiger partial charge in [0.15, 0.2) is 6.29 Å². The van der Waals surface area contributed by atoms with Crippen LogP contribution in [0.4, 0.5) is 0 Å². The summed E-state index contributed by atoms with van der Waals surface area (Å²) < 4.78 is 11.3. The van der Waals surface area contributed by atoms with Crippen molar-refractivity contribution in [1.82, 2.24) is 0 Å². The number of ether oxygens (including phenoxy) is 2. The van der Waals surface area contributed by atoms with Gasteiger partial charge >= 0.3 is 0 Å². The first-order chi connectivity index (χ1) is 7.86. The summed E-state index contributed by atoms with van der Waals surface area (Å²) in [5.74, 6) is 1.17. The second-order valence-corrected chi connectivity index (χ2v) is 4.20. The first-order valence-corrected chi connectivity index (χ1v) is 6.15. The van der Waals surface area contributed by atoms with Crippen LogP contribution in [-0.2, 0) is 9.47 Å². The van der Waals surface area contributed by atoms with Crippen LogP contribution in [0.1, 0.15) is 31.7 Å². The Balaban J connectivity index is 1.93. The molecule has 1 fully saturated rings. The molecule has 1 aliphatic carbocycles. The van der Waals surface area contributed by atoms with E-state index in [1.165, 1.54) is 12.0 Å². The van der Waals surface area contributed by atoms with E-state index in [-0.39, 0.29) is 6.29 Å². The molecule has 1 aliphatic rings. The Morgan fingerprint density at radius 1 is 1.12 bits per heavy atom. The highest BCUT2D eigenvalue weighted by molar-refractivity contribution is 5.25. The quantitative estimate of drug-likeness (QED) is 0.685. The highest BCUT2D eigenvalue weighted by Gasteiger charge is 2.44. The normalized spacial score (nSPS) is 23.7. The summed E-state index contributed by atoms with van der Waals surface area (Å²) in [6.45, 7) is 5.49. The highest BCUT2D eigenvalue weighted by Crippen LogP contribution is 2.50. The molecule has 0 bridgehead atoms. The van der Waals surface area contributed by atoms with Crippen LogP contribution < -0.4 is 0 Å². The lowest BCUT2D eigenvalue weighted by Gasteiger charge is -2.16. The van der Waals surface area contributed by atoms with Crippen molar-refractivity contribution >= 4 is 0 Å². The van der Waals surface area contributed by atoms with Crippen LogP contribution >= 0.6 is 0 Å². The fourth-order valence-electron chi connectivity index (χ4n) is 2.22. The van der Waals surface area contributed by atoms with Crippen molar-refractivity contribution in [3.05, 3.63) is 35.9 Å². The van der Waals surface area contributed by atoms with E-state index >= 15 is 0 Å². The number of hydrogen-bond donors (Lipinski definition) is 0. The summed E-state index contributed by atoms with van der Waals surface area (Å²) in [6, 6.07) is 10.6. The van der Waals surface area contributed by atoms with Crippen LogP contribution in [0.25, 0.3) is 0 Å². The third kappa shape index (κ3) is 2.63. The molecule has 2 heteroatoms. The first-order valence-electron chi connectivity index (χ1n) is 6.15. The molecule has 1 saturated carbocycles. The van der Waals surface area contributed by atoms with E-state index in [0.717, 1.165) is 13.2 Å². The maximum atomic E-state index is 5.64. The van der Waals surface area contributed by atoms with Crippen LogP contribution in [0.2, 0.25) is 0 Å². The van der Waals surface area contributed by atoms with Crippen molar-refractivity contribution in [3.63, 3.8) is 0 Å². The van der Waals surface area contributed by atoms with E-state index < -0.39 is 0 Å². The second kappa shape index (κ2) is 5.46. The van der Waals surface area contributed by atoms with Gasteiger partial charge in [0, 0.05) is 19.1 Å². The molecule has 0 heterocycles. The maximum absolute atomic E-state index is 5.64. The minimum Gasteiger partial charge on any atom is -0.353 e. The van der Waals surface area contributed by atoms with Crippen LogP contribution in [-0.4, -0.2) is 19.5 Å². The second-order valence-electron chi connectivity index (χ2n) is 4.20. The van der Waals surface area contributed by atoms with E-state index in [1.54, 1.807) is 0 Å². The van der Waals surface area contributed by atoms with Gasteiger partial charge in [0.05, 0.1) is 0 Å². The van der Waals surface area contributed by atoms with Crippen LogP contribution in [0.15, 0.2) is 30.3 Å². The zero-order valence-corrected chi connectivity index (χ0v) is 10.1. The molecular weight excluding hydrogens is 200 g/mol. The predicted octanol–water partition coefficient (Wildman–Crippen LogP) is 3.19. The Bertz CT molecular complexity index is 304. The zero-order chi connectivity index (χ0) is 11.4.